The number of hydrogen-bond donors (Lipinski definition) is 1. The van der Waals surface area contributed by atoms with Gasteiger partial charge in [-0.2, -0.15) is 5.10 Å². The van der Waals surface area contributed by atoms with Gasteiger partial charge in [0.05, 0.1) is 41.8 Å². The van der Waals surface area contributed by atoms with Gasteiger partial charge in [-0.05, 0) is 17.2 Å². The molecule has 1 aliphatic carbocycles. The second kappa shape index (κ2) is 11.4. The Labute approximate surface area is 220 Å². The van der Waals surface area contributed by atoms with Crippen molar-refractivity contribution in [2.75, 3.05) is 26.3 Å². The third-order valence-electron chi connectivity index (χ3n) is 7.34. The van der Waals surface area contributed by atoms with Crippen LogP contribution in [0.1, 0.15) is 28.5 Å². The van der Waals surface area contributed by atoms with E-state index < -0.39 is 16.8 Å². The zero-order valence-electron chi connectivity index (χ0n) is 20.7. The number of nitro groups is 1. The van der Waals surface area contributed by atoms with Crippen LogP contribution in [0.5, 0.6) is 0 Å². The van der Waals surface area contributed by atoms with Gasteiger partial charge in [0.25, 0.3) is 5.69 Å². The van der Waals surface area contributed by atoms with Crippen LogP contribution in [0.2, 0.25) is 0 Å². The minimum absolute atomic E-state index is 0.0171. The molecule has 9 heteroatoms. The van der Waals surface area contributed by atoms with Crippen molar-refractivity contribution in [1.82, 2.24) is 10.3 Å². The van der Waals surface area contributed by atoms with Crippen molar-refractivity contribution < 1.29 is 19.2 Å². The monoisotopic (exact) mass is 512 g/mol. The maximum atomic E-state index is 13.9. The SMILES string of the molecule is O=C(N/N=C\c1ccccc1[N+](=O)[O-])C1[C@H](c2ccccc2)C(C(=O)N2CCOCC2)[C@H]1c1ccccc1. The van der Waals surface area contributed by atoms with E-state index in [1.807, 2.05) is 65.6 Å². The minimum atomic E-state index is -0.558. The van der Waals surface area contributed by atoms with Gasteiger partial charge >= 0.3 is 0 Å². The first-order valence-corrected chi connectivity index (χ1v) is 12.6. The fourth-order valence-corrected chi connectivity index (χ4v) is 5.56. The topological polar surface area (TPSA) is 114 Å². The number of nitro benzene ring substituents is 1. The lowest BCUT2D eigenvalue weighted by molar-refractivity contribution is -0.385. The van der Waals surface area contributed by atoms with Crippen LogP contribution >= 0.6 is 0 Å². The highest BCUT2D eigenvalue weighted by atomic mass is 16.6. The average molecular weight is 513 g/mol. The molecule has 0 radical (unpaired) electrons. The average Bonchev–Trinajstić information content (AvgIpc) is 2.94. The van der Waals surface area contributed by atoms with Crippen molar-refractivity contribution in [1.29, 1.82) is 0 Å². The lowest BCUT2D eigenvalue weighted by atomic mass is 9.51. The van der Waals surface area contributed by atoms with Crippen molar-refractivity contribution in [3.8, 4) is 0 Å². The molecule has 38 heavy (non-hydrogen) atoms. The molecule has 0 bridgehead atoms. The van der Waals surface area contributed by atoms with E-state index in [0.29, 0.717) is 26.3 Å². The highest BCUT2D eigenvalue weighted by Crippen LogP contribution is 2.58. The summed E-state index contributed by atoms with van der Waals surface area (Å²) in [6, 6.07) is 25.4. The molecule has 2 aliphatic rings. The second-order valence-corrected chi connectivity index (χ2v) is 9.41. The Morgan fingerprint density at radius 2 is 1.42 bits per heavy atom. The number of carbonyl (C=O) groups is 2. The summed E-state index contributed by atoms with van der Waals surface area (Å²) < 4.78 is 5.45. The molecule has 3 aromatic carbocycles. The maximum Gasteiger partial charge on any atom is 0.278 e. The third-order valence-corrected chi connectivity index (χ3v) is 7.34. The first-order chi connectivity index (χ1) is 18.6. The summed E-state index contributed by atoms with van der Waals surface area (Å²) in [4.78, 5) is 40.2. The van der Waals surface area contributed by atoms with E-state index in [-0.39, 0.29) is 34.9 Å². The number of hydrogen-bond acceptors (Lipinski definition) is 6. The van der Waals surface area contributed by atoms with Crippen LogP contribution in [0.3, 0.4) is 0 Å². The van der Waals surface area contributed by atoms with Gasteiger partial charge in [-0.15, -0.1) is 0 Å². The van der Waals surface area contributed by atoms with E-state index >= 15 is 0 Å². The molecule has 194 valence electrons. The van der Waals surface area contributed by atoms with E-state index in [0.717, 1.165) is 11.1 Å². The lowest BCUT2D eigenvalue weighted by Crippen LogP contribution is -2.57. The van der Waals surface area contributed by atoms with Crippen molar-refractivity contribution >= 4 is 23.7 Å². The smallest absolute Gasteiger partial charge is 0.278 e. The van der Waals surface area contributed by atoms with Gasteiger partial charge in [-0.25, -0.2) is 5.43 Å². The molecule has 2 amide bonds. The number of benzene rings is 3. The Morgan fingerprint density at radius 1 is 0.868 bits per heavy atom. The molecule has 1 heterocycles. The first-order valence-electron chi connectivity index (χ1n) is 12.6. The number of ether oxygens (including phenoxy) is 1. The fourth-order valence-electron chi connectivity index (χ4n) is 5.56. The molecule has 0 unspecified atom stereocenters. The van der Waals surface area contributed by atoms with E-state index in [1.54, 1.807) is 18.2 Å². The molecule has 1 N–H and O–H groups in total. The fraction of sp³-hybridized carbons (Fsp3) is 0.276. The molecule has 3 aromatic rings. The minimum Gasteiger partial charge on any atom is -0.378 e. The highest BCUT2D eigenvalue weighted by molar-refractivity contribution is 5.91. The summed E-state index contributed by atoms with van der Waals surface area (Å²) >= 11 is 0. The number of para-hydroxylation sites is 1. The van der Waals surface area contributed by atoms with Crippen LogP contribution < -0.4 is 5.43 Å². The predicted octanol–water partition coefficient (Wildman–Crippen LogP) is 3.72. The summed E-state index contributed by atoms with van der Waals surface area (Å²) in [7, 11) is 0. The van der Waals surface area contributed by atoms with Crippen LogP contribution in [0, 0.1) is 22.0 Å². The Morgan fingerprint density at radius 3 is 2.00 bits per heavy atom. The molecule has 1 aliphatic heterocycles. The van der Waals surface area contributed by atoms with Crippen LogP contribution in [-0.2, 0) is 14.3 Å². The first kappa shape index (κ1) is 25.3. The van der Waals surface area contributed by atoms with Crippen LogP contribution in [0.15, 0.2) is 90.0 Å². The Balaban J connectivity index is 1.47. The summed E-state index contributed by atoms with van der Waals surface area (Å²) in [5, 5.41) is 15.4. The molecule has 5 rings (SSSR count). The van der Waals surface area contributed by atoms with E-state index in [9.17, 15) is 19.7 Å². The van der Waals surface area contributed by atoms with Gasteiger partial charge in [-0.3, -0.25) is 19.7 Å². The molecule has 0 aromatic heterocycles. The van der Waals surface area contributed by atoms with E-state index in [2.05, 4.69) is 10.5 Å². The molecule has 9 nitrogen and oxygen atoms in total. The number of amides is 2. The standard InChI is InChI=1S/C29H28N4O5/c34-28(31-30-19-22-13-7-8-14-23(22)33(36)37)26-24(20-9-3-1-4-10-20)27(25(26)21-11-5-2-6-12-21)29(35)32-15-17-38-18-16-32/h1-14,19,24-27H,15-18H2,(H,31,34)/b30-19-/t24-,25-,26?,27?/m0/s1. The third kappa shape index (κ3) is 5.05. The van der Waals surface area contributed by atoms with E-state index in [4.69, 9.17) is 4.74 Å². The van der Waals surface area contributed by atoms with Gasteiger partial charge in [0.2, 0.25) is 11.8 Å². The molecule has 2 atom stereocenters. The lowest BCUT2D eigenvalue weighted by Gasteiger charge is -2.52. The van der Waals surface area contributed by atoms with Crippen molar-refractivity contribution in [2.45, 2.75) is 11.8 Å². The summed E-state index contributed by atoms with van der Waals surface area (Å²) in [6.07, 6.45) is 1.28. The summed E-state index contributed by atoms with van der Waals surface area (Å²) in [6.45, 7) is 2.04. The van der Waals surface area contributed by atoms with Crippen LogP contribution in [0.4, 0.5) is 5.69 Å². The van der Waals surface area contributed by atoms with Gasteiger partial charge in [0.15, 0.2) is 0 Å². The largest absolute Gasteiger partial charge is 0.378 e. The second-order valence-electron chi connectivity index (χ2n) is 9.41. The number of nitrogens with zero attached hydrogens (tertiary/aromatic N) is 3. The summed E-state index contributed by atoms with van der Waals surface area (Å²) in [5.41, 5.74) is 4.60. The normalized spacial score (nSPS) is 23.0. The quantitative estimate of drug-likeness (QED) is 0.294. The number of carbonyl (C=O) groups excluding carboxylic acids is 2. The van der Waals surface area contributed by atoms with Crippen LogP contribution in [0.25, 0.3) is 0 Å². The number of rotatable bonds is 7. The zero-order valence-corrected chi connectivity index (χ0v) is 20.7. The zero-order chi connectivity index (χ0) is 26.5. The molecular formula is C29H28N4O5. The van der Waals surface area contributed by atoms with Crippen molar-refractivity contribution in [2.24, 2.45) is 16.9 Å². The maximum absolute atomic E-state index is 13.9. The van der Waals surface area contributed by atoms with Crippen molar-refractivity contribution in [3.05, 3.63) is 112 Å². The Kier molecular flexibility index (Phi) is 7.55. The van der Waals surface area contributed by atoms with Gasteiger partial charge in [0.1, 0.15) is 0 Å². The predicted molar refractivity (Wildman–Crippen MR) is 142 cm³/mol. The molecule has 2 fully saturated rings. The number of morpholine rings is 1. The van der Waals surface area contributed by atoms with Crippen molar-refractivity contribution in [3.63, 3.8) is 0 Å². The molecule has 1 saturated carbocycles. The highest BCUT2D eigenvalue weighted by Gasteiger charge is 2.58. The van der Waals surface area contributed by atoms with Crippen LogP contribution in [-0.4, -0.2) is 54.2 Å². The van der Waals surface area contributed by atoms with Gasteiger partial charge < -0.3 is 9.64 Å². The molecule has 0 spiro atoms. The number of nitrogens with one attached hydrogen (secondary N) is 1. The Hall–Kier alpha value is -4.37. The van der Waals surface area contributed by atoms with E-state index in [1.165, 1.54) is 12.3 Å². The van der Waals surface area contributed by atoms with Gasteiger partial charge in [0, 0.05) is 31.0 Å². The summed E-state index contributed by atoms with van der Waals surface area (Å²) in [5.74, 6) is -2.00. The Bertz CT molecular complexity index is 1280. The number of hydrazone groups is 1. The molecule has 1 saturated heterocycles. The molecular weight excluding hydrogens is 484 g/mol. The van der Waals surface area contributed by atoms with Gasteiger partial charge in [-0.1, -0.05) is 72.8 Å².